The molecule has 0 saturated carbocycles. The van der Waals surface area contributed by atoms with Gasteiger partial charge in [0.15, 0.2) is 28.8 Å². The lowest BCUT2D eigenvalue weighted by atomic mass is 10.3. The molecule has 0 radical (unpaired) electrons. The fourth-order valence-electron chi connectivity index (χ4n) is 1.89. The van der Waals surface area contributed by atoms with Crippen molar-refractivity contribution in [3.8, 4) is 23.3 Å². The molecule has 0 amide bonds. The van der Waals surface area contributed by atoms with Gasteiger partial charge in [0.1, 0.15) is 0 Å². The summed E-state index contributed by atoms with van der Waals surface area (Å²) in [6.45, 7) is 0. The van der Waals surface area contributed by atoms with Crippen molar-refractivity contribution in [2.45, 2.75) is 0 Å². The van der Waals surface area contributed by atoms with E-state index in [1.54, 1.807) is 12.1 Å². The third-order valence-corrected chi connectivity index (χ3v) is 3.00. The van der Waals surface area contributed by atoms with Gasteiger partial charge in [0.2, 0.25) is 11.8 Å². The number of carboxylic acids is 1. The zero-order valence-electron chi connectivity index (χ0n) is 12.5. The van der Waals surface area contributed by atoms with E-state index in [1.165, 1.54) is 30.5 Å². The highest BCUT2D eigenvalue weighted by Gasteiger charge is 2.15. The summed E-state index contributed by atoms with van der Waals surface area (Å²) < 4.78 is 38.3. The Kier molecular flexibility index (Phi) is 4.51. The zero-order chi connectivity index (χ0) is 17.8. The van der Waals surface area contributed by atoms with Crippen LogP contribution in [0.2, 0.25) is 0 Å². The molecule has 0 fully saturated rings. The van der Waals surface area contributed by atoms with Crippen molar-refractivity contribution in [1.29, 1.82) is 0 Å². The van der Waals surface area contributed by atoms with Crippen molar-refractivity contribution >= 4 is 5.97 Å². The van der Waals surface area contributed by atoms with E-state index < -0.39 is 17.6 Å². The molecule has 1 N–H and O–H groups in total. The third kappa shape index (κ3) is 3.86. The van der Waals surface area contributed by atoms with Crippen LogP contribution in [0.5, 0.6) is 23.3 Å². The first-order chi connectivity index (χ1) is 12.0. The molecule has 126 valence electrons. The summed E-state index contributed by atoms with van der Waals surface area (Å²) in [6, 6.07) is 10.4. The Morgan fingerprint density at radius 1 is 0.920 bits per heavy atom. The van der Waals surface area contributed by atoms with Crippen LogP contribution in [0.1, 0.15) is 10.5 Å². The molecule has 3 rings (SSSR count). The Balaban J connectivity index is 1.90. The maximum Gasteiger partial charge on any atom is 0.354 e. The summed E-state index contributed by atoms with van der Waals surface area (Å²) in [5.41, 5.74) is -0.273. The van der Waals surface area contributed by atoms with Crippen LogP contribution < -0.4 is 9.47 Å². The highest BCUT2D eigenvalue weighted by Crippen LogP contribution is 2.32. The molecule has 0 saturated heterocycles. The molecule has 0 unspecified atom stereocenters. The molecule has 0 bridgehead atoms. The summed E-state index contributed by atoms with van der Waals surface area (Å²) in [5.74, 6) is -3.91. The van der Waals surface area contributed by atoms with E-state index in [1.807, 2.05) is 0 Å². The zero-order valence-corrected chi connectivity index (χ0v) is 12.5. The van der Waals surface area contributed by atoms with E-state index in [9.17, 15) is 13.6 Å². The Labute approximate surface area is 140 Å². The number of rotatable bonds is 5. The quantitative estimate of drug-likeness (QED) is 0.752. The number of halogens is 2. The fraction of sp³-hybridized carbons (Fsp3) is 0. The van der Waals surface area contributed by atoms with Crippen molar-refractivity contribution in [3.05, 3.63) is 72.1 Å². The molecule has 0 spiro atoms. The topological polar surface area (TPSA) is 81.5 Å². The van der Waals surface area contributed by atoms with Gasteiger partial charge in [-0.1, -0.05) is 12.1 Å². The minimum Gasteiger partial charge on any atom is -0.477 e. The van der Waals surface area contributed by atoms with E-state index >= 15 is 0 Å². The highest BCUT2D eigenvalue weighted by atomic mass is 19.1. The SMILES string of the molecule is O=C(O)c1cccc(Oc2cc(Oc3ccccn3)c(F)cc2F)n1. The maximum atomic E-state index is 13.9. The minimum atomic E-state index is -1.26. The number of carboxylic acid groups (broad SMARTS) is 1. The molecular formula is C17H10F2N2O4. The van der Waals surface area contributed by atoms with Crippen LogP contribution in [0.15, 0.2) is 54.7 Å². The molecule has 2 aromatic heterocycles. The van der Waals surface area contributed by atoms with Crippen molar-refractivity contribution in [1.82, 2.24) is 9.97 Å². The standard InChI is InChI=1S/C17H10F2N2O4/c18-10-8-11(19)14(9-13(10)24-15-5-1-2-7-20-15)25-16-6-3-4-12(21-16)17(22)23/h1-9H,(H,22,23). The number of benzene rings is 1. The fourth-order valence-corrected chi connectivity index (χ4v) is 1.89. The average molecular weight is 344 g/mol. The molecule has 3 aromatic rings. The van der Waals surface area contributed by atoms with Gasteiger partial charge in [-0.05, 0) is 12.1 Å². The number of aromatic carboxylic acids is 1. The largest absolute Gasteiger partial charge is 0.477 e. The monoisotopic (exact) mass is 344 g/mol. The van der Waals surface area contributed by atoms with Crippen LogP contribution in [0.3, 0.4) is 0 Å². The lowest BCUT2D eigenvalue weighted by Gasteiger charge is -2.10. The smallest absolute Gasteiger partial charge is 0.354 e. The summed E-state index contributed by atoms with van der Waals surface area (Å²) in [4.78, 5) is 18.5. The average Bonchev–Trinajstić information content (AvgIpc) is 2.60. The molecule has 0 aliphatic carbocycles. The Morgan fingerprint density at radius 2 is 1.60 bits per heavy atom. The summed E-state index contributed by atoms with van der Waals surface area (Å²) in [5, 5.41) is 8.91. The second-order valence-corrected chi connectivity index (χ2v) is 4.75. The Hall–Kier alpha value is -3.55. The number of aromatic nitrogens is 2. The molecular weight excluding hydrogens is 334 g/mol. The predicted octanol–water partition coefficient (Wildman–Crippen LogP) is 4.04. The van der Waals surface area contributed by atoms with E-state index in [4.69, 9.17) is 14.6 Å². The molecule has 0 atom stereocenters. The molecule has 0 aliphatic rings. The Morgan fingerprint density at radius 3 is 2.24 bits per heavy atom. The first-order valence-corrected chi connectivity index (χ1v) is 6.99. The van der Waals surface area contributed by atoms with Crippen LogP contribution in [-0.2, 0) is 0 Å². The van der Waals surface area contributed by atoms with Crippen LogP contribution in [0.25, 0.3) is 0 Å². The van der Waals surface area contributed by atoms with E-state index in [2.05, 4.69) is 9.97 Å². The van der Waals surface area contributed by atoms with Crippen molar-refractivity contribution in [2.75, 3.05) is 0 Å². The second-order valence-electron chi connectivity index (χ2n) is 4.75. The van der Waals surface area contributed by atoms with E-state index in [-0.39, 0.29) is 29.0 Å². The van der Waals surface area contributed by atoms with E-state index in [0.29, 0.717) is 6.07 Å². The predicted molar refractivity (Wildman–Crippen MR) is 81.9 cm³/mol. The van der Waals surface area contributed by atoms with Gasteiger partial charge in [0.25, 0.3) is 0 Å². The van der Waals surface area contributed by atoms with Gasteiger partial charge in [-0.3, -0.25) is 0 Å². The lowest BCUT2D eigenvalue weighted by Crippen LogP contribution is -2.01. The van der Waals surface area contributed by atoms with Crippen molar-refractivity contribution in [2.24, 2.45) is 0 Å². The number of hydrogen-bond donors (Lipinski definition) is 1. The minimum absolute atomic E-state index is 0.116. The number of carbonyl (C=O) groups is 1. The summed E-state index contributed by atoms with van der Waals surface area (Å²) >= 11 is 0. The number of nitrogens with zero attached hydrogens (tertiary/aromatic N) is 2. The first-order valence-electron chi connectivity index (χ1n) is 6.99. The van der Waals surface area contributed by atoms with Gasteiger partial charge in [0.05, 0.1) is 0 Å². The lowest BCUT2D eigenvalue weighted by molar-refractivity contribution is 0.0689. The van der Waals surface area contributed by atoms with Gasteiger partial charge in [-0.2, -0.15) is 0 Å². The molecule has 25 heavy (non-hydrogen) atoms. The number of ether oxygens (including phenoxy) is 2. The number of hydrogen-bond acceptors (Lipinski definition) is 5. The van der Waals surface area contributed by atoms with Gasteiger partial charge < -0.3 is 14.6 Å². The van der Waals surface area contributed by atoms with Crippen LogP contribution in [0.4, 0.5) is 8.78 Å². The van der Waals surface area contributed by atoms with Gasteiger partial charge in [-0.25, -0.2) is 23.5 Å². The highest BCUT2D eigenvalue weighted by molar-refractivity contribution is 5.85. The maximum absolute atomic E-state index is 13.9. The van der Waals surface area contributed by atoms with Crippen LogP contribution in [-0.4, -0.2) is 21.0 Å². The number of pyridine rings is 2. The first kappa shape index (κ1) is 16.3. The summed E-state index contributed by atoms with van der Waals surface area (Å²) in [6.07, 6.45) is 1.45. The molecule has 1 aromatic carbocycles. The molecule has 6 nitrogen and oxygen atoms in total. The summed E-state index contributed by atoms with van der Waals surface area (Å²) in [7, 11) is 0. The second kappa shape index (κ2) is 6.91. The van der Waals surface area contributed by atoms with Crippen molar-refractivity contribution < 1.29 is 28.2 Å². The van der Waals surface area contributed by atoms with Gasteiger partial charge in [-0.15, -0.1) is 0 Å². The molecule has 0 aliphatic heterocycles. The van der Waals surface area contributed by atoms with E-state index in [0.717, 1.165) is 6.07 Å². The molecule has 8 heteroatoms. The molecule has 2 heterocycles. The van der Waals surface area contributed by atoms with Crippen molar-refractivity contribution in [3.63, 3.8) is 0 Å². The van der Waals surface area contributed by atoms with Gasteiger partial charge in [0, 0.05) is 30.5 Å². The van der Waals surface area contributed by atoms with Gasteiger partial charge >= 0.3 is 5.97 Å². The van der Waals surface area contributed by atoms with Crippen LogP contribution in [0, 0.1) is 11.6 Å². The normalized spacial score (nSPS) is 10.3. The van der Waals surface area contributed by atoms with Crippen LogP contribution >= 0.6 is 0 Å². The Bertz CT molecular complexity index is 920. The third-order valence-electron chi connectivity index (χ3n) is 3.00.